The number of hydrogen-bond donors (Lipinski definition) is 3. The molecule has 0 bridgehead atoms. The molecule has 59 heavy (non-hydrogen) atoms. The Kier molecular flexibility index (Phi) is 42.4. The normalized spacial score (nSPS) is 14.1. The number of carbonyl (C=O) groups excluding carboxylic acids is 1. The van der Waals surface area contributed by atoms with Gasteiger partial charge in [-0.25, -0.2) is 4.57 Å². The second-order valence-corrected chi connectivity index (χ2v) is 20.7. The van der Waals surface area contributed by atoms with Crippen LogP contribution in [0.15, 0.2) is 0 Å². The number of phosphoric acid groups is 1. The Labute approximate surface area is 368 Å². The van der Waals surface area contributed by atoms with Gasteiger partial charge in [-0.15, -0.1) is 0 Å². The first-order valence-electron chi connectivity index (χ1n) is 25.9. The minimum atomic E-state index is -4.31. The van der Waals surface area contributed by atoms with Crippen LogP contribution >= 0.6 is 7.82 Å². The van der Waals surface area contributed by atoms with Crippen molar-refractivity contribution < 1.29 is 32.9 Å². The number of aliphatic hydroxyl groups excluding tert-OH is 1. The van der Waals surface area contributed by atoms with Gasteiger partial charge in [0, 0.05) is 6.42 Å². The minimum absolute atomic E-state index is 0.0789. The van der Waals surface area contributed by atoms with Gasteiger partial charge in [0.2, 0.25) is 5.91 Å². The van der Waals surface area contributed by atoms with Crippen LogP contribution in [-0.4, -0.2) is 73.4 Å². The van der Waals surface area contributed by atoms with Gasteiger partial charge >= 0.3 is 7.82 Å². The molecule has 354 valence electrons. The van der Waals surface area contributed by atoms with Gasteiger partial charge in [-0.3, -0.25) is 13.8 Å². The van der Waals surface area contributed by atoms with E-state index in [4.69, 9.17) is 9.05 Å². The maximum atomic E-state index is 12.9. The number of hydrogen-bond acceptors (Lipinski definition) is 5. The summed E-state index contributed by atoms with van der Waals surface area (Å²) in [6.45, 7) is 4.93. The van der Waals surface area contributed by atoms with Gasteiger partial charge in [-0.1, -0.05) is 245 Å². The number of likely N-dealkylation sites (N-methyl/N-ethyl adjacent to an activating group) is 1. The van der Waals surface area contributed by atoms with E-state index in [-0.39, 0.29) is 19.1 Å². The van der Waals surface area contributed by atoms with E-state index in [0.717, 1.165) is 38.5 Å². The molecule has 0 aliphatic rings. The van der Waals surface area contributed by atoms with E-state index in [9.17, 15) is 19.4 Å². The average molecular weight is 860 g/mol. The molecule has 0 aliphatic carbocycles. The molecule has 3 N–H and O–H groups in total. The van der Waals surface area contributed by atoms with Crippen molar-refractivity contribution in [2.75, 3.05) is 40.9 Å². The summed E-state index contributed by atoms with van der Waals surface area (Å²) >= 11 is 0. The van der Waals surface area contributed by atoms with Gasteiger partial charge in [0.05, 0.1) is 39.9 Å². The van der Waals surface area contributed by atoms with Crippen LogP contribution < -0.4 is 5.32 Å². The summed E-state index contributed by atoms with van der Waals surface area (Å²) in [5, 5.41) is 14.0. The van der Waals surface area contributed by atoms with Crippen LogP contribution in [0.2, 0.25) is 0 Å². The topological polar surface area (TPSA) is 105 Å². The number of phosphoric ester groups is 1. The molecule has 0 aromatic rings. The van der Waals surface area contributed by atoms with E-state index in [1.165, 1.54) is 199 Å². The summed E-state index contributed by atoms with van der Waals surface area (Å²) in [5.74, 6) is -0.138. The highest BCUT2D eigenvalue weighted by atomic mass is 31.2. The Morgan fingerprint density at radius 2 is 0.814 bits per heavy atom. The van der Waals surface area contributed by atoms with E-state index in [1.54, 1.807) is 0 Å². The van der Waals surface area contributed by atoms with Crippen LogP contribution in [0.1, 0.15) is 264 Å². The van der Waals surface area contributed by atoms with Crippen molar-refractivity contribution in [2.24, 2.45) is 0 Å². The van der Waals surface area contributed by atoms with Crippen molar-refractivity contribution in [1.82, 2.24) is 5.32 Å². The fraction of sp³-hybridized carbons (Fsp3) is 0.980. The van der Waals surface area contributed by atoms with E-state index >= 15 is 0 Å². The Morgan fingerprint density at radius 3 is 1.14 bits per heavy atom. The lowest BCUT2D eigenvalue weighted by atomic mass is 10.0. The van der Waals surface area contributed by atoms with Crippen LogP contribution in [0, 0.1) is 0 Å². The molecule has 0 saturated heterocycles. The Morgan fingerprint density at radius 1 is 0.508 bits per heavy atom. The minimum Gasteiger partial charge on any atom is -0.391 e. The van der Waals surface area contributed by atoms with Crippen molar-refractivity contribution in [3.05, 3.63) is 0 Å². The standard InChI is InChI=1S/C50H103N2O6P/c1-6-8-10-12-14-16-18-20-22-23-24-25-26-27-28-30-32-34-36-38-40-42-44-50(54)51-48(47-58-59(55,56)57-46-45-52(3,4)5)49(53)43-41-39-37-35-33-31-29-21-19-17-15-13-11-9-7-2/h48-49,53H,6-47H2,1-5H3,(H-,51,54,55,56)/p+1/t48-,49+/m0/s1. The summed E-state index contributed by atoms with van der Waals surface area (Å²) in [6.07, 6.45) is 48.5. The molecule has 0 saturated carbocycles. The van der Waals surface area contributed by atoms with Gasteiger partial charge in [0.15, 0.2) is 0 Å². The van der Waals surface area contributed by atoms with Gasteiger partial charge in [0.25, 0.3) is 0 Å². The molecule has 8 nitrogen and oxygen atoms in total. The molecule has 0 aromatic carbocycles. The first-order valence-corrected chi connectivity index (χ1v) is 27.4. The average Bonchev–Trinajstić information content (AvgIpc) is 3.19. The Balaban J connectivity index is 4.18. The zero-order valence-corrected chi connectivity index (χ0v) is 41.2. The molecule has 9 heteroatoms. The van der Waals surface area contributed by atoms with Crippen molar-refractivity contribution in [3.8, 4) is 0 Å². The van der Waals surface area contributed by atoms with E-state index in [2.05, 4.69) is 19.2 Å². The molecule has 0 rings (SSSR count). The quantitative estimate of drug-likeness (QED) is 0.0320. The zero-order valence-electron chi connectivity index (χ0n) is 40.3. The maximum absolute atomic E-state index is 12.9. The Hall–Kier alpha value is -0.500. The molecule has 0 fully saturated rings. The fourth-order valence-corrected chi connectivity index (χ4v) is 8.73. The maximum Gasteiger partial charge on any atom is 0.472 e. The molecular weight excluding hydrogens is 756 g/mol. The third kappa shape index (κ3) is 45.3. The predicted molar refractivity (Wildman–Crippen MR) is 254 cm³/mol. The van der Waals surface area contributed by atoms with Crippen molar-refractivity contribution in [3.63, 3.8) is 0 Å². The van der Waals surface area contributed by atoms with Gasteiger partial charge in [0.1, 0.15) is 13.2 Å². The SMILES string of the molecule is CCCCCCCCCCCCCCCCCCCCCCCCC(=O)N[C@@H](COP(=O)(O)OCC[N+](C)(C)C)[C@H](O)CCCCCCCCCCCCCCCCC. The van der Waals surface area contributed by atoms with Crippen LogP contribution in [0.4, 0.5) is 0 Å². The van der Waals surface area contributed by atoms with Crippen molar-refractivity contribution >= 4 is 13.7 Å². The van der Waals surface area contributed by atoms with Crippen LogP contribution in [0.25, 0.3) is 0 Å². The van der Waals surface area contributed by atoms with Crippen LogP contribution in [0.3, 0.4) is 0 Å². The molecule has 0 radical (unpaired) electrons. The highest BCUT2D eigenvalue weighted by Crippen LogP contribution is 2.43. The largest absolute Gasteiger partial charge is 0.472 e. The number of aliphatic hydroxyl groups is 1. The van der Waals surface area contributed by atoms with Crippen molar-refractivity contribution in [1.29, 1.82) is 0 Å². The summed E-state index contributed by atoms with van der Waals surface area (Å²) < 4.78 is 23.7. The number of nitrogens with one attached hydrogen (secondary N) is 1. The molecule has 1 amide bonds. The highest BCUT2D eigenvalue weighted by molar-refractivity contribution is 7.47. The first-order chi connectivity index (χ1) is 28.5. The molecule has 1 unspecified atom stereocenters. The third-order valence-electron chi connectivity index (χ3n) is 12.1. The van der Waals surface area contributed by atoms with Gasteiger partial charge < -0.3 is 19.8 Å². The predicted octanol–water partition coefficient (Wildman–Crippen LogP) is 14.9. The van der Waals surface area contributed by atoms with E-state index in [1.807, 2.05) is 21.1 Å². The van der Waals surface area contributed by atoms with E-state index in [0.29, 0.717) is 23.9 Å². The number of carbonyl (C=O) groups is 1. The van der Waals surface area contributed by atoms with Gasteiger partial charge in [-0.2, -0.15) is 0 Å². The summed E-state index contributed by atoms with van der Waals surface area (Å²) in [4.78, 5) is 23.2. The van der Waals surface area contributed by atoms with Crippen LogP contribution in [0.5, 0.6) is 0 Å². The smallest absolute Gasteiger partial charge is 0.391 e. The molecule has 3 atom stereocenters. The summed E-state index contributed by atoms with van der Waals surface area (Å²) in [5.41, 5.74) is 0. The molecule has 0 heterocycles. The third-order valence-corrected chi connectivity index (χ3v) is 13.1. The monoisotopic (exact) mass is 860 g/mol. The van der Waals surface area contributed by atoms with Gasteiger partial charge in [-0.05, 0) is 12.8 Å². The number of amides is 1. The lowest BCUT2D eigenvalue weighted by molar-refractivity contribution is -0.870. The van der Waals surface area contributed by atoms with Crippen LogP contribution in [-0.2, 0) is 18.4 Å². The van der Waals surface area contributed by atoms with E-state index < -0.39 is 20.0 Å². The summed E-state index contributed by atoms with van der Waals surface area (Å²) in [7, 11) is 1.63. The highest BCUT2D eigenvalue weighted by Gasteiger charge is 2.28. The number of rotatable bonds is 48. The van der Waals surface area contributed by atoms with Crippen molar-refractivity contribution in [2.45, 2.75) is 276 Å². The second kappa shape index (κ2) is 42.8. The molecule has 0 spiro atoms. The summed E-state index contributed by atoms with van der Waals surface area (Å²) in [6, 6.07) is -0.753. The Bertz CT molecular complexity index is 932. The number of quaternary nitrogens is 1. The lowest BCUT2D eigenvalue weighted by Crippen LogP contribution is -2.46. The second-order valence-electron chi connectivity index (χ2n) is 19.3. The molecular formula is C50H104N2O6P+. The molecule has 0 aromatic heterocycles. The number of unbranched alkanes of at least 4 members (excludes halogenated alkanes) is 35. The zero-order chi connectivity index (χ0) is 43.6. The first kappa shape index (κ1) is 58.5. The fourth-order valence-electron chi connectivity index (χ4n) is 7.99. The lowest BCUT2D eigenvalue weighted by Gasteiger charge is -2.26. The number of nitrogens with zero attached hydrogens (tertiary/aromatic N) is 1. The molecule has 0 aliphatic heterocycles.